The van der Waals surface area contributed by atoms with Gasteiger partial charge in [0.25, 0.3) is 5.56 Å². The first kappa shape index (κ1) is 21.7. The Labute approximate surface area is 178 Å². The zero-order valence-electron chi connectivity index (χ0n) is 17.3. The maximum Gasteiger partial charge on any atom is 0.429 e. The summed E-state index contributed by atoms with van der Waals surface area (Å²) >= 11 is 3.43. The fraction of sp³-hybridized carbons (Fsp3) is 0.650. The van der Waals surface area contributed by atoms with Crippen molar-refractivity contribution in [1.82, 2.24) is 14.6 Å². The molecular weight excluding hydrogens is 442 g/mol. The number of hydrogen-bond donors (Lipinski definition) is 0. The zero-order chi connectivity index (χ0) is 21.3. The van der Waals surface area contributed by atoms with Crippen molar-refractivity contribution in [2.75, 3.05) is 6.54 Å². The molecule has 160 valence electrons. The van der Waals surface area contributed by atoms with E-state index in [0.717, 1.165) is 30.2 Å². The molecule has 1 aromatic rings. The molecule has 3 rings (SSSR count). The second-order valence-electron chi connectivity index (χ2n) is 8.57. The highest BCUT2D eigenvalue weighted by Crippen LogP contribution is 2.32. The van der Waals surface area contributed by atoms with Crippen LogP contribution in [0.1, 0.15) is 52.9 Å². The van der Waals surface area contributed by atoms with Gasteiger partial charge in [0.15, 0.2) is 0 Å². The van der Waals surface area contributed by atoms with Crippen LogP contribution in [-0.4, -0.2) is 50.9 Å². The number of rotatable bonds is 3. The predicted octanol–water partition coefficient (Wildman–Crippen LogP) is 3.22. The molecule has 2 fully saturated rings. The maximum absolute atomic E-state index is 12.5. The van der Waals surface area contributed by atoms with Crippen LogP contribution in [0.5, 0.6) is 5.75 Å². The van der Waals surface area contributed by atoms with Gasteiger partial charge in [-0.15, -0.1) is 0 Å². The van der Waals surface area contributed by atoms with E-state index in [0.29, 0.717) is 18.7 Å². The first-order valence-electron chi connectivity index (χ1n) is 9.90. The SMILES string of the molecule is Cn1cc(Br)c(O[C@H]2CC[C@H](N3C(=O)CCN3C(=O)OC(C)(C)C)CC2)cc1=O. The average molecular weight is 470 g/mol. The number of hydrogen-bond acceptors (Lipinski definition) is 5. The molecule has 0 unspecified atom stereocenters. The van der Waals surface area contributed by atoms with Crippen LogP contribution in [0.25, 0.3) is 0 Å². The van der Waals surface area contributed by atoms with E-state index in [1.807, 2.05) is 20.8 Å². The lowest BCUT2D eigenvalue weighted by molar-refractivity contribution is -0.144. The Hall–Kier alpha value is -2.03. The van der Waals surface area contributed by atoms with E-state index < -0.39 is 11.7 Å². The number of pyridine rings is 1. The monoisotopic (exact) mass is 469 g/mol. The number of aryl methyl sites for hydroxylation is 1. The highest BCUT2D eigenvalue weighted by Gasteiger charge is 2.41. The molecule has 0 radical (unpaired) electrons. The molecule has 29 heavy (non-hydrogen) atoms. The summed E-state index contributed by atoms with van der Waals surface area (Å²) in [5.41, 5.74) is -0.743. The quantitative estimate of drug-likeness (QED) is 0.678. The van der Waals surface area contributed by atoms with Crippen molar-refractivity contribution in [3.05, 3.63) is 27.1 Å². The Kier molecular flexibility index (Phi) is 6.26. The summed E-state index contributed by atoms with van der Waals surface area (Å²) in [7, 11) is 1.69. The van der Waals surface area contributed by atoms with E-state index in [4.69, 9.17) is 9.47 Å². The number of aromatic nitrogens is 1. The van der Waals surface area contributed by atoms with E-state index in [1.54, 1.807) is 18.3 Å². The Morgan fingerprint density at radius 1 is 1.17 bits per heavy atom. The van der Waals surface area contributed by atoms with Crippen LogP contribution in [-0.2, 0) is 16.6 Å². The van der Waals surface area contributed by atoms with Crippen molar-refractivity contribution in [1.29, 1.82) is 0 Å². The highest BCUT2D eigenvalue weighted by atomic mass is 79.9. The van der Waals surface area contributed by atoms with Crippen LogP contribution in [0.3, 0.4) is 0 Å². The summed E-state index contributed by atoms with van der Waals surface area (Å²) in [5.74, 6) is 0.485. The summed E-state index contributed by atoms with van der Waals surface area (Å²) < 4.78 is 13.7. The Morgan fingerprint density at radius 2 is 1.83 bits per heavy atom. The number of hydrazine groups is 1. The molecule has 0 N–H and O–H groups in total. The molecule has 1 aromatic heterocycles. The molecule has 8 nitrogen and oxygen atoms in total. The molecule has 9 heteroatoms. The molecular formula is C20H28BrN3O5. The third-order valence-electron chi connectivity index (χ3n) is 5.09. The number of amides is 2. The lowest BCUT2D eigenvalue weighted by Crippen LogP contribution is -2.51. The minimum atomic E-state index is -0.611. The van der Waals surface area contributed by atoms with Crippen molar-refractivity contribution in [3.8, 4) is 5.75 Å². The van der Waals surface area contributed by atoms with Gasteiger partial charge in [-0.1, -0.05) is 0 Å². The number of nitrogens with zero attached hydrogens (tertiary/aromatic N) is 3. The third kappa shape index (κ3) is 5.12. The molecule has 1 saturated heterocycles. The molecule has 1 aliphatic heterocycles. The fourth-order valence-corrected chi connectivity index (χ4v) is 4.23. The Morgan fingerprint density at radius 3 is 2.45 bits per heavy atom. The van der Waals surface area contributed by atoms with Crippen molar-refractivity contribution in [2.45, 2.75) is 70.6 Å². The Balaban J connectivity index is 1.62. The van der Waals surface area contributed by atoms with E-state index in [-0.39, 0.29) is 23.6 Å². The van der Waals surface area contributed by atoms with Crippen LogP contribution in [0, 0.1) is 0 Å². The van der Waals surface area contributed by atoms with Gasteiger partial charge in [-0.3, -0.25) is 9.59 Å². The van der Waals surface area contributed by atoms with Gasteiger partial charge >= 0.3 is 6.09 Å². The summed E-state index contributed by atoms with van der Waals surface area (Å²) in [6.45, 7) is 5.78. The molecule has 2 heterocycles. The molecule has 2 aliphatic rings. The van der Waals surface area contributed by atoms with Gasteiger partial charge in [0.2, 0.25) is 5.91 Å². The second kappa shape index (κ2) is 8.38. The average Bonchev–Trinajstić information content (AvgIpc) is 3.01. The summed E-state index contributed by atoms with van der Waals surface area (Å²) in [5, 5.41) is 3.02. The van der Waals surface area contributed by atoms with Crippen LogP contribution in [0.2, 0.25) is 0 Å². The summed E-state index contributed by atoms with van der Waals surface area (Å²) in [6, 6.07) is 1.43. The molecule has 1 aliphatic carbocycles. The minimum absolute atomic E-state index is 0.0395. The largest absolute Gasteiger partial charge is 0.489 e. The van der Waals surface area contributed by atoms with Gasteiger partial charge in [-0.05, 0) is 62.4 Å². The van der Waals surface area contributed by atoms with Crippen LogP contribution in [0.15, 0.2) is 21.5 Å². The van der Waals surface area contributed by atoms with Gasteiger partial charge in [-0.2, -0.15) is 0 Å². The van der Waals surface area contributed by atoms with E-state index in [9.17, 15) is 14.4 Å². The smallest absolute Gasteiger partial charge is 0.429 e. The van der Waals surface area contributed by atoms with E-state index in [2.05, 4.69) is 15.9 Å². The second-order valence-corrected chi connectivity index (χ2v) is 9.43. The van der Waals surface area contributed by atoms with Gasteiger partial charge < -0.3 is 14.0 Å². The zero-order valence-corrected chi connectivity index (χ0v) is 18.9. The number of carbonyl (C=O) groups excluding carboxylic acids is 2. The number of ether oxygens (including phenoxy) is 2. The molecule has 0 atom stereocenters. The molecule has 0 spiro atoms. The molecule has 1 saturated carbocycles. The topological polar surface area (TPSA) is 81.1 Å². The van der Waals surface area contributed by atoms with Crippen LogP contribution >= 0.6 is 15.9 Å². The molecule has 0 aromatic carbocycles. The van der Waals surface area contributed by atoms with E-state index in [1.165, 1.54) is 15.6 Å². The minimum Gasteiger partial charge on any atom is -0.489 e. The molecule has 0 bridgehead atoms. The normalized spacial score (nSPS) is 22.7. The maximum atomic E-state index is 12.5. The van der Waals surface area contributed by atoms with Crippen LogP contribution in [0.4, 0.5) is 4.79 Å². The van der Waals surface area contributed by atoms with Gasteiger partial charge in [0, 0.05) is 25.7 Å². The van der Waals surface area contributed by atoms with Gasteiger partial charge in [-0.25, -0.2) is 14.8 Å². The number of halogens is 1. The summed E-state index contributed by atoms with van der Waals surface area (Å²) in [4.78, 5) is 36.8. The van der Waals surface area contributed by atoms with Crippen molar-refractivity contribution in [3.63, 3.8) is 0 Å². The Bertz CT molecular complexity index is 839. The van der Waals surface area contributed by atoms with Gasteiger partial charge in [0.05, 0.1) is 23.2 Å². The molecule has 2 amide bonds. The lowest BCUT2D eigenvalue weighted by atomic mass is 9.92. The standard InChI is InChI=1S/C20H28BrN3O5/c1-20(2,3)29-19(27)23-10-9-17(25)24(23)13-5-7-14(8-6-13)28-16-11-18(26)22(4)12-15(16)21/h11-14H,5-10H2,1-4H3/t13-,14-. The summed E-state index contributed by atoms with van der Waals surface area (Å²) in [6.07, 6.45) is 4.39. The van der Waals surface area contributed by atoms with Crippen molar-refractivity contribution in [2.24, 2.45) is 7.05 Å². The van der Waals surface area contributed by atoms with Crippen molar-refractivity contribution >= 4 is 27.9 Å². The van der Waals surface area contributed by atoms with E-state index >= 15 is 0 Å². The first-order chi connectivity index (χ1) is 13.5. The van der Waals surface area contributed by atoms with Crippen molar-refractivity contribution < 1.29 is 19.1 Å². The number of carbonyl (C=O) groups is 2. The van der Waals surface area contributed by atoms with Gasteiger partial charge in [0.1, 0.15) is 11.4 Å². The first-order valence-corrected chi connectivity index (χ1v) is 10.7. The highest BCUT2D eigenvalue weighted by molar-refractivity contribution is 9.10. The predicted molar refractivity (Wildman–Crippen MR) is 110 cm³/mol. The fourth-order valence-electron chi connectivity index (χ4n) is 3.71. The lowest BCUT2D eigenvalue weighted by Gasteiger charge is -2.39. The third-order valence-corrected chi connectivity index (χ3v) is 5.68. The van der Waals surface area contributed by atoms with Crippen LogP contribution < -0.4 is 10.3 Å².